The molecule has 1 aromatic carbocycles. The molecule has 2 saturated heterocycles. The summed E-state index contributed by atoms with van der Waals surface area (Å²) in [5.41, 5.74) is 1.00. The summed E-state index contributed by atoms with van der Waals surface area (Å²) in [5.74, 6) is -3.70. The number of amides is 1. The molecule has 0 radical (unpaired) electrons. The van der Waals surface area contributed by atoms with Crippen LogP contribution in [0.4, 0.5) is 36.8 Å². The standard InChI is InChI=1S/C19H22ClF6N3O3/c20-13-2-1-3-14(27-6-8-32-9-7-27)12(13)10-28-4-5-29(17(30)31)11-15(28)16(18(21,22)23)19(24,25)26/h1-3,15-16H,4-11H2,(H,30,31). The van der Waals surface area contributed by atoms with E-state index in [0.717, 1.165) is 4.90 Å². The van der Waals surface area contributed by atoms with Gasteiger partial charge in [-0.05, 0) is 12.1 Å². The Hall–Kier alpha value is -1.92. The molecule has 1 atom stereocenters. The second-order valence-electron chi connectivity index (χ2n) is 7.66. The zero-order valence-electron chi connectivity index (χ0n) is 16.8. The van der Waals surface area contributed by atoms with E-state index in [1.54, 1.807) is 12.1 Å². The van der Waals surface area contributed by atoms with Crippen LogP contribution >= 0.6 is 11.6 Å². The van der Waals surface area contributed by atoms with E-state index >= 15 is 0 Å². The number of rotatable bonds is 4. The fourth-order valence-electron chi connectivity index (χ4n) is 4.16. The SMILES string of the molecule is O=C(O)N1CCN(Cc2c(Cl)cccc2N2CCOCC2)C(C(C(F)(F)F)C(F)(F)F)C1. The first-order valence-electron chi connectivity index (χ1n) is 9.85. The number of nitrogens with zero attached hydrogens (tertiary/aromatic N) is 3. The van der Waals surface area contributed by atoms with E-state index in [0.29, 0.717) is 42.5 Å². The number of piperazine rings is 1. The summed E-state index contributed by atoms with van der Waals surface area (Å²) in [7, 11) is 0. The molecule has 2 fully saturated rings. The van der Waals surface area contributed by atoms with Crippen LogP contribution in [0, 0.1) is 5.92 Å². The van der Waals surface area contributed by atoms with Crippen LogP contribution in [0.3, 0.4) is 0 Å². The summed E-state index contributed by atoms with van der Waals surface area (Å²) >= 11 is 6.32. The van der Waals surface area contributed by atoms with Crippen LogP contribution in [0.5, 0.6) is 0 Å². The minimum Gasteiger partial charge on any atom is -0.465 e. The van der Waals surface area contributed by atoms with Crippen molar-refractivity contribution in [3.8, 4) is 0 Å². The molecule has 1 amide bonds. The van der Waals surface area contributed by atoms with Gasteiger partial charge in [-0.1, -0.05) is 17.7 Å². The summed E-state index contributed by atoms with van der Waals surface area (Å²) in [6.45, 7) is 0.128. The first kappa shape index (κ1) is 24.7. The first-order chi connectivity index (χ1) is 14.9. The zero-order valence-corrected chi connectivity index (χ0v) is 17.6. The highest BCUT2D eigenvalue weighted by atomic mass is 35.5. The molecule has 13 heteroatoms. The van der Waals surface area contributed by atoms with E-state index in [1.165, 1.54) is 6.07 Å². The molecule has 2 heterocycles. The van der Waals surface area contributed by atoms with E-state index in [9.17, 15) is 36.2 Å². The minimum absolute atomic E-state index is 0.212. The molecule has 6 nitrogen and oxygen atoms in total. The molecule has 0 bridgehead atoms. The number of carbonyl (C=O) groups is 1. The van der Waals surface area contributed by atoms with Crippen LogP contribution in [-0.2, 0) is 11.3 Å². The van der Waals surface area contributed by atoms with Crippen molar-refractivity contribution < 1.29 is 41.0 Å². The lowest BCUT2D eigenvalue weighted by Crippen LogP contribution is -2.62. The molecule has 2 aliphatic rings. The zero-order chi connectivity index (χ0) is 23.7. The van der Waals surface area contributed by atoms with Crippen LogP contribution in [0.2, 0.25) is 5.02 Å². The average molecular weight is 490 g/mol. The lowest BCUT2D eigenvalue weighted by molar-refractivity contribution is -0.302. The van der Waals surface area contributed by atoms with E-state index in [2.05, 4.69) is 0 Å². The van der Waals surface area contributed by atoms with Gasteiger partial charge in [-0.3, -0.25) is 4.90 Å². The number of alkyl halides is 6. The number of morpholine rings is 1. The second kappa shape index (κ2) is 9.52. The Morgan fingerprint density at radius 1 is 1.09 bits per heavy atom. The van der Waals surface area contributed by atoms with Gasteiger partial charge < -0.3 is 19.6 Å². The highest BCUT2D eigenvalue weighted by Crippen LogP contribution is 2.44. The van der Waals surface area contributed by atoms with E-state index < -0.39 is 37.0 Å². The van der Waals surface area contributed by atoms with Crippen LogP contribution in [0.1, 0.15) is 5.56 Å². The number of carboxylic acid groups (broad SMARTS) is 1. The van der Waals surface area contributed by atoms with Gasteiger partial charge in [0.25, 0.3) is 0 Å². The normalized spacial score (nSPS) is 21.3. The molecule has 180 valence electrons. The van der Waals surface area contributed by atoms with Crippen molar-refractivity contribution >= 4 is 23.4 Å². The summed E-state index contributed by atoms with van der Waals surface area (Å²) in [6, 6.07) is 2.74. The van der Waals surface area contributed by atoms with Gasteiger partial charge in [0, 0.05) is 61.6 Å². The lowest BCUT2D eigenvalue weighted by atomic mass is 9.93. The molecule has 2 aliphatic heterocycles. The van der Waals surface area contributed by atoms with Crippen LogP contribution in [-0.4, -0.2) is 85.3 Å². The maximum atomic E-state index is 13.5. The fraction of sp³-hybridized carbons (Fsp3) is 0.632. The van der Waals surface area contributed by atoms with Crippen LogP contribution in [0.15, 0.2) is 18.2 Å². The summed E-state index contributed by atoms with van der Waals surface area (Å²) < 4.78 is 86.5. The number of anilines is 1. The van der Waals surface area contributed by atoms with E-state index in [1.807, 2.05) is 4.90 Å². The third-order valence-corrected chi connectivity index (χ3v) is 6.06. The first-order valence-corrected chi connectivity index (χ1v) is 10.2. The molecule has 0 aliphatic carbocycles. The van der Waals surface area contributed by atoms with Gasteiger partial charge in [-0.15, -0.1) is 0 Å². The highest BCUT2D eigenvalue weighted by Gasteiger charge is 2.62. The van der Waals surface area contributed by atoms with E-state index in [4.69, 9.17) is 16.3 Å². The van der Waals surface area contributed by atoms with Crippen molar-refractivity contribution in [2.75, 3.05) is 50.8 Å². The van der Waals surface area contributed by atoms with Gasteiger partial charge in [0.15, 0.2) is 5.92 Å². The Kier molecular flexibility index (Phi) is 7.35. The van der Waals surface area contributed by atoms with Gasteiger partial charge in [-0.25, -0.2) is 4.79 Å². The number of halogens is 7. The van der Waals surface area contributed by atoms with Crippen molar-refractivity contribution in [1.82, 2.24) is 9.80 Å². The molecule has 1 N–H and O–H groups in total. The molecule has 3 rings (SSSR count). The molecule has 0 aromatic heterocycles. The fourth-order valence-corrected chi connectivity index (χ4v) is 4.39. The van der Waals surface area contributed by atoms with Gasteiger partial charge in [0.05, 0.1) is 13.2 Å². The molecular weight excluding hydrogens is 468 g/mol. The Bertz CT molecular complexity index is 802. The summed E-state index contributed by atoms with van der Waals surface area (Å²) in [5, 5.41) is 9.40. The molecule has 0 saturated carbocycles. The van der Waals surface area contributed by atoms with Crippen molar-refractivity contribution in [3.63, 3.8) is 0 Å². The molecular formula is C19H22ClF6N3O3. The van der Waals surface area contributed by atoms with Crippen molar-refractivity contribution in [3.05, 3.63) is 28.8 Å². The average Bonchev–Trinajstić information content (AvgIpc) is 2.69. The topological polar surface area (TPSA) is 56.2 Å². The molecule has 32 heavy (non-hydrogen) atoms. The Morgan fingerprint density at radius 3 is 2.28 bits per heavy atom. The van der Waals surface area contributed by atoms with Crippen molar-refractivity contribution in [2.45, 2.75) is 24.9 Å². The Labute approximate surface area is 185 Å². The molecule has 1 aromatic rings. The predicted molar refractivity (Wildman–Crippen MR) is 104 cm³/mol. The third kappa shape index (κ3) is 5.52. The quantitative estimate of drug-likeness (QED) is 0.646. The summed E-state index contributed by atoms with van der Waals surface area (Å²) in [4.78, 5) is 14.8. The maximum Gasteiger partial charge on any atom is 0.407 e. The highest BCUT2D eigenvalue weighted by molar-refractivity contribution is 6.31. The van der Waals surface area contributed by atoms with Gasteiger partial charge in [0.1, 0.15) is 0 Å². The number of hydrogen-bond donors (Lipinski definition) is 1. The van der Waals surface area contributed by atoms with Crippen molar-refractivity contribution in [1.29, 1.82) is 0 Å². The second-order valence-corrected chi connectivity index (χ2v) is 8.07. The molecule has 1 unspecified atom stereocenters. The largest absolute Gasteiger partial charge is 0.465 e. The van der Waals surface area contributed by atoms with Gasteiger partial charge in [-0.2, -0.15) is 26.3 Å². The monoisotopic (exact) mass is 489 g/mol. The van der Waals surface area contributed by atoms with Gasteiger partial charge >= 0.3 is 18.4 Å². The smallest absolute Gasteiger partial charge is 0.407 e. The Morgan fingerprint density at radius 2 is 1.72 bits per heavy atom. The number of hydrogen-bond acceptors (Lipinski definition) is 4. The lowest BCUT2D eigenvalue weighted by Gasteiger charge is -2.45. The number of ether oxygens (including phenoxy) is 1. The summed E-state index contributed by atoms with van der Waals surface area (Å²) in [6.07, 6.45) is -12.8. The minimum atomic E-state index is -5.60. The number of benzene rings is 1. The molecule has 0 spiro atoms. The van der Waals surface area contributed by atoms with E-state index in [-0.39, 0.29) is 24.7 Å². The van der Waals surface area contributed by atoms with Crippen LogP contribution in [0.25, 0.3) is 0 Å². The third-order valence-electron chi connectivity index (χ3n) is 5.70. The van der Waals surface area contributed by atoms with Crippen molar-refractivity contribution in [2.24, 2.45) is 5.92 Å². The predicted octanol–water partition coefficient (Wildman–Crippen LogP) is 4.08. The van der Waals surface area contributed by atoms with Gasteiger partial charge in [0.2, 0.25) is 0 Å². The Balaban J connectivity index is 1.97. The maximum absolute atomic E-state index is 13.5. The van der Waals surface area contributed by atoms with Crippen LogP contribution < -0.4 is 4.90 Å².